The maximum absolute atomic E-state index is 3.68. The van der Waals surface area contributed by atoms with Gasteiger partial charge in [0.15, 0.2) is 0 Å². The van der Waals surface area contributed by atoms with Crippen molar-refractivity contribution in [2.24, 2.45) is 11.8 Å². The highest BCUT2D eigenvalue weighted by Crippen LogP contribution is 2.35. The van der Waals surface area contributed by atoms with Crippen LogP contribution in [0, 0.1) is 23.7 Å². The smallest absolute Gasteiger partial charge is 0.00913 e. The molecule has 0 aromatic heterocycles. The Morgan fingerprint density at radius 1 is 1.13 bits per heavy atom. The van der Waals surface area contributed by atoms with Crippen molar-refractivity contribution >= 4 is 0 Å². The maximum atomic E-state index is 3.68. The Morgan fingerprint density at radius 3 is 2.67 bits per heavy atom. The summed E-state index contributed by atoms with van der Waals surface area (Å²) in [5, 5.41) is 3.68. The molecule has 2 atom stereocenters. The highest BCUT2D eigenvalue weighted by molar-refractivity contribution is 4.96. The lowest BCUT2D eigenvalue weighted by Crippen LogP contribution is -2.26. The molecule has 0 bridgehead atoms. The van der Waals surface area contributed by atoms with Crippen molar-refractivity contribution in [2.45, 2.75) is 57.9 Å². The molecule has 0 amide bonds. The topological polar surface area (TPSA) is 12.0 Å². The van der Waals surface area contributed by atoms with Gasteiger partial charge in [-0.1, -0.05) is 12.8 Å². The summed E-state index contributed by atoms with van der Waals surface area (Å²) in [7, 11) is 0. The molecular formula is C14H23N. The Morgan fingerprint density at radius 2 is 1.93 bits per heavy atom. The van der Waals surface area contributed by atoms with Gasteiger partial charge in [0.1, 0.15) is 0 Å². The molecule has 84 valence electrons. The summed E-state index contributed by atoms with van der Waals surface area (Å²) >= 11 is 0. The van der Waals surface area contributed by atoms with Crippen LogP contribution >= 0.6 is 0 Å². The largest absolute Gasteiger partial charge is 0.314 e. The highest BCUT2D eigenvalue weighted by atomic mass is 14.9. The quantitative estimate of drug-likeness (QED) is 0.680. The molecule has 0 saturated heterocycles. The second-order valence-corrected chi connectivity index (χ2v) is 5.10. The second-order valence-electron chi connectivity index (χ2n) is 5.10. The van der Waals surface area contributed by atoms with E-state index in [1.54, 1.807) is 0 Å². The normalized spacial score (nSPS) is 29.9. The van der Waals surface area contributed by atoms with E-state index >= 15 is 0 Å². The summed E-state index contributed by atoms with van der Waals surface area (Å²) < 4.78 is 0. The molecule has 2 unspecified atom stereocenters. The van der Waals surface area contributed by atoms with Gasteiger partial charge < -0.3 is 5.32 Å². The number of hydrogen-bond acceptors (Lipinski definition) is 1. The van der Waals surface area contributed by atoms with E-state index in [0.29, 0.717) is 0 Å². The van der Waals surface area contributed by atoms with Crippen LogP contribution < -0.4 is 5.32 Å². The standard InChI is InChI=1S/C14H23N/c1-2-3-4-6-12-7-5-8-13(12)11-15-14-9-10-14/h12-15H,4-11H2,1H3. The van der Waals surface area contributed by atoms with E-state index in [4.69, 9.17) is 0 Å². The van der Waals surface area contributed by atoms with Gasteiger partial charge in [-0.2, -0.15) is 0 Å². The van der Waals surface area contributed by atoms with Gasteiger partial charge in [0.05, 0.1) is 0 Å². The van der Waals surface area contributed by atoms with Crippen LogP contribution in [0.2, 0.25) is 0 Å². The van der Waals surface area contributed by atoms with E-state index in [-0.39, 0.29) is 0 Å². The van der Waals surface area contributed by atoms with Crippen LogP contribution in [0.3, 0.4) is 0 Å². The third-order valence-electron chi connectivity index (χ3n) is 3.88. The minimum Gasteiger partial charge on any atom is -0.314 e. The second kappa shape index (κ2) is 5.56. The van der Waals surface area contributed by atoms with Crippen LogP contribution in [0.25, 0.3) is 0 Å². The molecule has 1 heteroatoms. The SMILES string of the molecule is CC#CCCC1CCCC1CNC1CC1. The Kier molecular flexibility index (Phi) is 4.09. The molecule has 0 radical (unpaired) electrons. The Hall–Kier alpha value is -0.480. The number of hydrogen-bond donors (Lipinski definition) is 1. The first kappa shape index (κ1) is 11.0. The molecule has 2 aliphatic carbocycles. The summed E-state index contributed by atoms with van der Waals surface area (Å²) in [6, 6.07) is 0.877. The molecule has 0 spiro atoms. The Balaban J connectivity index is 1.67. The first-order valence-electron chi connectivity index (χ1n) is 6.53. The van der Waals surface area contributed by atoms with Crippen molar-refractivity contribution < 1.29 is 0 Å². The van der Waals surface area contributed by atoms with Crippen LogP contribution in [0.5, 0.6) is 0 Å². The molecule has 0 heterocycles. The van der Waals surface area contributed by atoms with Gasteiger partial charge in [0.2, 0.25) is 0 Å². The number of rotatable bonds is 5. The van der Waals surface area contributed by atoms with Gasteiger partial charge in [-0.05, 0) is 51.0 Å². The van der Waals surface area contributed by atoms with Gasteiger partial charge >= 0.3 is 0 Å². The maximum Gasteiger partial charge on any atom is 0.00913 e. The zero-order valence-electron chi connectivity index (χ0n) is 9.89. The highest BCUT2D eigenvalue weighted by Gasteiger charge is 2.28. The average Bonchev–Trinajstić information content (AvgIpc) is 2.97. The zero-order chi connectivity index (χ0) is 10.5. The Bertz CT molecular complexity index is 244. The third kappa shape index (κ3) is 3.54. The molecule has 0 aliphatic heterocycles. The van der Waals surface area contributed by atoms with Crippen molar-refractivity contribution in [3.8, 4) is 11.8 Å². The fourth-order valence-corrected chi connectivity index (χ4v) is 2.75. The lowest BCUT2D eigenvalue weighted by molar-refractivity contribution is 0.350. The molecular weight excluding hydrogens is 182 g/mol. The zero-order valence-corrected chi connectivity index (χ0v) is 9.89. The van der Waals surface area contributed by atoms with Crippen molar-refractivity contribution in [1.29, 1.82) is 0 Å². The van der Waals surface area contributed by atoms with Crippen molar-refractivity contribution in [3.63, 3.8) is 0 Å². The van der Waals surface area contributed by atoms with Crippen LogP contribution in [0.15, 0.2) is 0 Å². The predicted molar refractivity (Wildman–Crippen MR) is 64.5 cm³/mol. The molecule has 2 rings (SSSR count). The van der Waals surface area contributed by atoms with E-state index in [0.717, 1.165) is 24.3 Å². The fourth-order valence-electron chi connectivity index (χ4n) is 2.75. The molecule has 15 heavy (non-hydrogen) atoms. The van der Waals surface area contributed by atoms with Gasteiger partial charge in [-0.15, -0.1) is 11.8 Å². The van der Waals surface area contributed by atoms with Crippen molar-refractivity contribution in [1.82, 2.24) is 5.32 Å². The fraction of sp³-hybridized carbons (Fsp3) is 0.857. The molecule has 0 aromatic rings. The number of nitrogens with one attached hydrogen (secondary N) is 1. The lowest BCUT2D eigenvalue weighted by atomic mass is 9.91. The minimum absolute atomic E-state index is 0.877. The molecule has 2 saturated carbocycles. The van der Waals surface area contributed by atoms with Crippen LogP contribution in [0.1, 0.15) is 51.9 Å². The van der Waals surface area contributed by atoms with Crippen LogP contribution in [0.4, 0.5) is 0 Å². The molecule has 2 aliphatic rings. The summed E-state index contributed by atoms with van der Waals surface area (Å²) in [4.78, 5) is 0. The van der Waals surface area contributed by atoms with E-state index < -0.39 is 0 Å². The third-order valence-corrected chi connectivity index (χ3v) is 3.88. The first-order chi connectivity index (χ1) is 7.40. The van der Waals surface area contributed by atoms with E-state index in [9.17, 15) is 0 Å². The summed E-state index contributed by atoms with van der Waals surface area (Å²) in [6.07, 6.45) is 9.62. The van der Waals surface area contributed by atoms with Gasteiger partial charge in [-0.3, -0.25) is 0 Å². The van der Waals surface area contributed by atoms with Crippen molar-refractivity contribution in [2.75, 3.05) is 6.54 Å². The molecule has 0 aromatic carbocycles. The van der Waals surface area contributed by atoms with Gasteiger partial charge in [0.25, 0.3) is 0 Å². The van der Waals surface area contributed by atoms with E-state index in [2.05, 4.69) is 17.2 Å². The lowest BCUT2D eigenvalue weighted by Gasteiger charge is -2.19. The predicted octanol–water partition coefficient (Wildman–Crippen LogP) is 2.96. The van der Waals surface area contributed by atoms with E-state index in [1.165, 1.54) is 45.1 Å². The Labute approximate surface area is 94.0 Å². The summed E-state index contributed by atoms with van der Waals surface area (Å²) in [5.41, 5.74) is 0. The summed E-state index contributed by atoms with van der Waals surface area (Å²) in [5.74, 6) is 8.11. The average molecular weight is 205 g/mol. The molecule has 1 N–H and O–H groups in total. The van der Waals surface area contributed by atoms with Crippen LogP contribution in [-0.4, -0.2) is 12.6 Å². The van der Waals surface area contributed by atoms with Gasteiger partial charge in [0, 0.05) is 12.5 Å². The van der Waals surface area contributed by atoms with Crippen molar-refractivity contribution in [3.05, 3.63) is 0 Å². The summed E-state index contributed by atoms with van der Waals surface area (Å²) in [6.45, 7) is 3.22. The monoisotopic (exact) mass is 205 g/mol. The van der Waals surface area contributed by atoms with Gasteiger partial charge in [-0.25, -0.2) is 0 Å². The van der Waals surface area contributed by atoms with E-state index in [1.807, 2.05) is 6.92 Å². The first-order valence-corrected chi connectivity index (χ1v) is 6.53. The van der Waals surface area contributed by atoms with Crippen LogP contribution in [-0.2, 0) is 0 Å². The molecule has 1 nitrogen and oxygen atoms in total. The minimum atomic E-state index is 0.877. The molecule has 2 fully saturated rings.